The number of anilines is 1. The molecule has 6 unspecified atom stereocenters. The third kappa shape index (κ3) is 4.94. The molecular formula is C32H39N7O9. The van der Waals surface area contributed by atoms with Crippen molar-refractivity contribution in [3.05, 3.63) is 46.5 Å². The Morgan fingerprint density at radius 2 is 2.15 bits per heavy atom. The second kappa shape index (κ2) is 12.2. The zero-order valence-corrected chi connectivity index (χ0v) is 26.8. The van der Waals surface area contributed by atoms with Crippen LogP contribution in [0, 0.1) is 0 Å². The second-order valence-corrected chi connectivity index (χ2v) is 12.6. The van der Waals surface area contributed by atoms with E-state index in [4.69, 9.17) is 24.7 Å². The molecule has 48 heavy (non-hydrogen) atoms. The van der Waals surface area contributed by atoms with Crippen LogP contribution in [-0.4, -0.2) is 88.5 Å². The Hall–Kier alpha value is -4.48. The maximum absolute atomic E-state index is 13.2. The number of aliphatic hydroxyl groups excluding tert-OH is 1. The lowest BCUT2D eigenvalue weighted by Gasteiger charge is -2.37. The maximum atomic E-state index is 13.2. The first-order valence-corrected chi connectivity index (χ1v) is 16.0. The number of carbonyl (C=O) groups is 3. The Morgan fingerprint density at radius 3 is 2.88 bits per heavy atom. The fourth-order valence-electron chi connectivity index (χ4n) is 7.64. The Labute approximate surface area is 275 Å². The summed E-state index contributed by atoms with van der Waals surface area (Å²) >= 11 is 0. The summed E-state index contributed by atoms with van der Waals surface area (Å²) in [4.78, 5) is 45.0. The number of ether oxygens (including phenoxy) is 4. The molecule has 0 bridgehead atoms. The molecule has 7 rings (SSSR count). The number of benzene rings is 1. The van der Waals surface area contributed by atoms with E-state index in [-0.39, 0.29) is 47.6 Å². The number of amides is 1. The average molecular weight is 666 g/mol. The number of hydrogen-bond acceptors (Lipinski definition) is 14. The number of methoxy groups -OCH3 is 1. The van der Waals surface area contributed by atoms with Crippen molar-refractivity contribution in [2.24, 2.45) is 5.73 Å². The highest BCUT2D eigenvalue weighted by molar-refractivity contribution is 6.10. The van der Waals surface area contributed by atoms with Crippen molar-refractivity contribution in [1.82, 2.24) is 25.5 Å². The van der Waals surface area contributed by atoms with Crippen molar-refractivity contribution in [3.8, 4) is 17.2 Å². The number of imidazole rings is 1. The summed E-state index contributed by atoms with van der Waals surface area (Å²) in [7, 11) is 1.49. The van der Waals surface area contributed by atoms with Gasteiger partial charge in [-0.2, -0.15) is 0 Å². The molecule has 7 N–H and O–H groups in total. The first kappa shape index (κ1) is 32.1. The molecule has 16 nitrogen and oxygen atoms in total. The molecule has 3 fully saturated rings. The number of fused-ring (bicyclic) bond motifs is 5. The number of allylic oxidation sites excluding steroid dienone is 3. The van der Waals surface area contributed by atoms with Crippen molar-refractivity contribution < 1.29 is 43.5 Å². The molecule has 256 valence electrons. The second-order valence-electron chi connectivity index (χ2n) is 12.6. The van der Waals surface area contributed by atoms with Crippen LogP contribution in [0.5, 0.6) is 17.2 Å². The summed E-state index contributed by atoms with van der Waals surface area (Å²) in [5.41, 5.74) is 6.42. The number of aldehydes is 1. The number of hydrogen-bond donors (Lipinski definition) is 6. The van der Waals surface area contributed by atoms with Crippen LogP contribution in [0.3, 0.4) is 0 Å². The molecule has 1 aromatic carbocycles. The molecule has 5 aliphatic rings. The van der Waals surface area contributed by atoms with Crippen LogP contribution in [0.15, 0.2) is 29.8 Å². The summed E-state index contributed by atoms with van der Waals surface area (Å²) in [6.45, 7) is 3.36. The van der Waals surface area contributed by atoms with E-state index in [9.17, 15) is 24.6 Å². The molecule has 4 aliphatic heterocycles. The third-order valence-corrected chi connectivity index (χ3v) is 9.74. The molecule has 1 aliphatic carbocycles. The van der Waals surface area contributed by atoms with Gasteiger partial charge in [-0.3, -0.25) is 26.0 Å². The summed E-state index contributed by atoms with van der Waals surface area (Å²) in [5, 5.41) is 31.0. The number of esters is 1. The number of nitrogens with two attached hydrogens (primary N) is 1. The van der Waals surface area contributed by atoms with Crippen LogP contribution in [0.25, 0.3) is 5.57 Å². The van der Waals surface area contributed by atoms with E-state index in [0.717, 1.165) is 6.42 Å². The Bertz CT molecular complexity index is 1730. The van der Waals surface area contributed by atoms with Gasteiger partial charge in [-0.1, -0.05) is 6.08 Å². The van der Waals surface area contributed by atoms with E-state index >= 15 is 0 Å². The van der Waals surface area contributed by atoms with Crippen molar-refractivity contribution >= 4 is 29.7 Å². The number of nitrogens with one attached hydrogen (secondary N) is 3. The van der Waals surface area contributed by atoms with Gasteiger partial charge in [0, 0.05) is 36.0 Å². The van der Waals surface area contributed by atoms with Crippen molar-refractivity contribution in [3.63, 3.8) is 0 Å². The number of aliphatic hydroxyl groups is 2. The fraction of sp³-hybridized carbons (Fsp3) is 0.500. The monoisotopic (exact) mass is 665 g/mol. The standard InChI is InChI=1S/C32H39N7O9/c1-4-46-29(43)24-17(12-40)15(7-10-38-11-9-34-31(38)39-14-35-21-27(39)36-30(33)37-28(21)42)19-22(47-24)18(13-41)23-20(25(19)45-3)16-6-5-8-32(2,44)26(16)48-23/h7,9,11-12,16,21,26-27,30,35-36,41,44H,4-6,8,10,13-14,33H2,1-3H3,(H,37,42). The van der Waals surface area contributed by atoms with E-state index in [0.29, 0.717) is 59.9 Å². The van der Waals surface area contributed by atoms with Gasteiger partial charge in [0.2, 0.25) is 17.6 Å². The lowest BCUT2D eigenvalue weighted by Crippen LogP contribution is -2.70. The Balaban J connectivity index is 1.37. The normalized spacial score (nSPS) is 29.7. The van der Waals surface area contributed by atoms with E-state index < -0.39 is 42.8 Å². The smallest absolute Gasteiger partial charge is 0.375 e. The summed E-state index contributed by atoms with van der Waals surface area (Å²) in [5.74, 6) is -0.375. The number of rotatable bonds is 8. The van der Waals surface area contributed by atoms with Crippen LogP contribution in [0.2, 0.25) is 0 Å². The van der Waals surface area contributed by atoms with Crippen molar-refractivity contribution in [2.45, 2.75) is 82.4 Å². The van der Waals surface area contributed by atoms with Gasteiger partial charge in [0.1, 0.15) is 41.8 Å². The van der Waals surface area contributed by atoms with Gasteiger partial charge >= 0.3 is 5.97 Å². The highest BCUT2D eigenvalue weighted by atomic mass is 16.6. The van der Waals surface area contributed by atoms with Crippen LogP contribution >= 0.6 is 0 Å². The molecule has 2 saturated heterocycles. The van der Waals surface area contributed by atoms with Crippen LogP contribution in [0.1, 0.15) is 55.7 Å². The minimum absolute atomic E-state index is 0.0335. The quantitative estimate of drug-likeness (QED) is 0.158. The predicted molar refractivity (Wildman–Crippen MR) is 168 cm³/mol. The van der Waals surface area contributed by atoms with Gasteiger partial charge in [0.15, 0.2) is 6.29 Å². The fourth-order valence-corrected chi connectivity index (χ4v) is 7.64. The SMILES string of the molecule is CCOC(=O)C1=C(C=O)C(=CCn2ccnc2N2CNC3C(=O)NC(N)NC32)c2c(c(CO)c3c(c2OC)C2CCCC(C)(O)C2O3)O1. The minimum Gasteiger partial charge on any atom is -0.496 e. The summed E-state index contributed by atoms with van der Waals surface area (Å²) < 4.78 is 25.7. The number of nitrogens with zero attached hydrogens (tertiary/aromatic N) is 3. The zero-order valence-electron chi connectivity index (χ0n) is 26.8. The average Bonchev–Trinajstić information content (AvgIpc) is 3.79. The van der Waals surface area contributed by atoms with E-state index in [1.807, 2.05) is 9.47 Å². The van der Waals surface area contributed by atoms with Gasteiger partial charge in [-0.15, -0.1) is 0 Å². The van der Waals surface area contributed by atoms with E-state index in [1.165, 1.54) is 7.11 Å². The first-order chi connectivity index (χ1) is 23.1. The first-order valence-electron chi connectivity index (χ1n) is 16.0. The number of aromatic nitrogens is 2. The molecule has 6 atom stereocenters. The van der Waals surface area contributed by atoms with Gasteiger partial charge in [-0.05, 0) is 33.1 Å². The highest BCUT2D eigenvalue weighted by Crippen LogP contribution is 2.60. The van der Waals surface area contributed by atoms with Crippen molar-refractivity contribution in [1.29, 1.82) is 0 Å². The lowest BCUT2D eigenvalue weighted by atomic mass is 9.73. The van der Waals surface area contributed by atoms with Crippen LogP contribution in [-0.2, 0) is 32.3 Å². The molecular weight excluding hydrogens is 626 g/mol. The van der Waals surface area contributed by atoms with Gasteiger partial charge < -0.3 is 43.9 Å². The van der Waals surface area contributed by atoms with Gasteiger partial charge in [-0.25, -0.2) is 9.78 Å². The third-order valence-electron chi connectivity index (χ3n) is 9.74. The maximum Gasteiger partial charge on any atom is 0.375 e. The zero-order chi connectivity index (χ0) is 33.9. The molecule has 1 amide bonds. The molecule has 2 aromatic rings. The number of carbonyl (C=O) groups excluding carboxylic acids is 3. The van der Waals surface area contributed by atoms with Crippen LogP contribution in [0.4, 0.5) is 5.95 Å². The largest absolute Gasteiger partial charge is 0.496 e. The van der Waals surface area contributed by atoms with Crippen molar-refractivity contribution in [2.75, 3.05) is 25.3 Å². The molecule has 16 heteroatoms. The predicted octanol–water partition coefficient (Wildman–Crippen LogP) is -0.321. The molecule has 1 saturated carbocycles. The van der Waals surface area contributed by atoms with E-state index in [2.05, 4.69) is 20.9 Å². The molecule has 5 heterocycles. The summed E-state index contributed by atoms with van der Waals surface area (Å²) in [6, 6.07) is -0.553. The highest BCUT2D eigenvalue weighted by Gasteiger charge is 2.52. The van der Waals surface area contributed by atoms with Gasteiger partial charge in [0.25, 0.3) is 0 Å². The lowest BCUT2D eigenvalue weighted by molar-refractivity contribution is -0.141. The van der Waals surface area contributed by atoms with E-state index in [1.54, 1.807) is 32.3 Å². The Morgan fingerprint density at radius 1 is 1.33 bits per heavy atom. The summed E-state index contributed by atoms with van der Waals surface area (Å²) in [6.07, 6.45) is 5.84. The topological polar surface area (TPSA) is 212 Å². The molecule has 0 radical (unpaired) electrons. The minimum atomic E-state index is -1.14. The van der Waals surface area contributed by atoms with Gasteiger partial charge in [0.05, 0.1) is 49.3 Å². The Kier molecular flexibility index (Phi) is 8.15. The molecule has 1 aromatic heterocycles. The van der Waals surface area contributed by atoms with Crippen LogP contribution < -0.4 is 40.8 Å². The molecule has 0 spiro atoms.